The van der Waals surface area contributed by atoms with Gasteiger partial charge in [-0.25, -0.2) is 0 Å². The Morgan fingerprint density at radius 3 is 2.86 bits per heavy atom. The zero-order valence-corrected chi connectivity index (χ0v) is 12.4. The molecule has 2 rings (SSSR count). The predicted molar refractivity (Wildman–Crippen MR) is 79.9 cm³/mol. The number of benzene rings is 1. The Kier molecular flexibility index (Phi) is 4.70. The van der Waals surface area contributed by atoms with E-state index in [2.05, 4.69) is 24.3 Å². The summed E-state index contributed by atoms with van der Waals surface area (Å²) in [5.41, 5.74) is 2.28. The lowest BCUT2D eigenvalue weighted by atomic mass is 10.1. The average molecular weight is 289 g/mol. The van der Waals surface area contributed by atoms with Crippen molar-refractivity contribution in [3.05, 3.63) is 45.6 Å². The van der Waals surface area contributed by atoms with Crippen LogP contribution in [0.5, 0.6) is 0 Å². The highest BCUT2D eigenvalue weighted by atomic mass is 16.6. The van der Waals surface area contributed by atoms with Crippen LogP contribution in [0.25, 0.3) is 11.3 Å². The van der Waals surface area contributed by atoms with Gasteiger partial charge in [-0.15, -0.1) is 0 Å². The number of hydrogen-bond donors (Lipinski definition) is 1. The fraction of sp³-hybridized carbons (Fsp3) is 0.400. The molecule has 0 saturated heterocycles. The highest BCUT2D eigenvalue weighted by molar-refractivity contribution is 5.65. The summed E-state index contributed by atoms with van der Waals surface area (Å²) in [6.07, 6.45) is 1.65. The first kappa shape index (κ1) is 15.2. The second-order valence-corrected chi connectivity index (χ2v) is 5.46. The van der Waals surface area contributed by atoms with E-state index >= 15 is 0 Å². The van der Waals surface area contributed by atoms with Gasteiger partial charge in [0.2, 0.25) is 0 Å². The van der Waals surface area contributed by atoms with Gasteiger partial charge in [0.15, 0.2) is 5.76 Å². The molecule has 0 bridgehead atoms. The van der Waals surface area contributed by atoms with Crippen molar-refractivity contribution in [1.82, 2.24) is 10.5 Å². The van der Waals surface area contributed by atoms with E-state index in [1.165, 1.54) is 6.07 Å². The smallest absolute Gasteiger partial charge is 0.273 e. The summed E-state index contributed by atoms with van der Waals surface area (Å²) in [6, 6.07) is 5.07. The average Bonchev–Trinajstić information content (AvgIpc) is 2.87. The second-order valence-electron chi connectivity index (χ2n) is 5.46. The Hall–Kier alpha value is -2.21. The Morgan fingerprint density at radius 1 is 1.43 bits per heavy atom. The van der Waals surface area contributed by atoms with Gasteiger partial charge in [-0.2, -0.15) is 0 Å². The second kappa shape index (κ2) is 6.49. The summed E-state index contributed by atoms with van der Waals surface area (Å²) in [7, 11) is 0. The SMILES string of the molecule is Cc1ccc(-c2oncc2CNCC(C)C)cc1[N+](=O)[O-]. The Balaban J connectivity index is 2.25. The van der Waals surface area contributed by atoms with Gasteiger partial charge in [-0.1, -0.05) is 31.1 Å². The highest BCUT2D eigenvalue weighted by Crippen LogP contribution is 2.29. The molecular formula is C15H19N3O3. The van der Waals surface area contributed by atoms with Crippen LogP contribution in [-0.4, -0.2) is 16.6 Å². The molecule has 0 aliphatic carbocycles. The summed E-state index contributed by atoms with van der Waals surface area (Å²) in [5.74, 6) is 1.13. The third-order valence-electron chi connectivity index (χ3n) is 3.18. The van der Waals surface area contributed by atoms with Crippen molar-refractivity contribution in [3.63, 3.8) is 0 Å². The monoisotopic (exact) mass is 289 g/mol. The van der Waals surface area contributed by atoms with Gasteiger partial charge in [-0.05, 0) is 19.4 Å². The van der Waals surface area contributed by atoms with Crippen molar-refractivity contribution in [2.24, 2.45) is 5.92 Å². The number of hydrogen-bond acceptors (Lipinski definition) is 5. The fourth-order valence-corrected chi connectivity index (χ4v) is 2.07. The van der Waals surface area contributed by atoms with E-state index in [1.807, 2.05) is 6.07 Å². The molecule has 0 atom stereocenters. The molecule has 6 nitrogen and oxygen atoms in total. The summed E-state index contributed by atoms with van der Waals surface area (Å²) >= 11 is 0. The lowest BCUT2D eigenvalue weighted by molar-refractivity contribution is -0.385. The number of nitro benzene ring substituents is 1. The molecule has 1 aromatic heterocycles. The van der Waals surface area contributed by atoms with Crippen LogP contribution in [0.2, 0.25) is 0 Å². The van der Waals surface area contributed by atoms with Gasteiger partial charge in [0.1, 0.15) is 0 Å². The van der Waals surface area contributed by atoms with Crippen LogP contribution >= 0.6 is 0 Å². The number of nitrogens with zero attached hydrogens (tertiary/aromatic N) is 2. The minimum Gasteiger partial charge on any atom is -0.356 e. The van der Waals surface area contributed by atoms with Gasteiger partial charge in [0.05, 0.1) is 11.1 Å². The third kappa shape index (κ3) is 3.66. The van der Waals surface area contributed by atoms with Crippen molar-refractivity contribution in [1.29, 1.82) is 0 Å². The maximum atomic E-state index is 11.0. The van der Waals surface area contributed by atoms with Crippen molar-refractivity contribution in [2.75, 3.05) is 6.54 Å². The summed E-state index contributed by atoms with van der Waals surface area (Å²) < 4.78 is 5.27. The van der Waals surface area contributed by atoms with Gasteiger partial charge in [-0.3, -0.25) is 10.1 Å². The van der Waals surface area contributed by atoms with Crippen LogP contribution in [0.4, 0.5) is 5.69 Å². The minimum atomic E-state index is -0.383. The summed E-state index contributed by atoms with van der Waals surface area (Å²) in [5, 5.41) is 18.1. The first-order chi connectivity index (χ1) is 9.99. The lowest BCUT2D eigenvalue weighted by Gasteiger charge is -2.07. The molecule has 112 valence electrons. The molecule has 0 saturated carbocycles. The molecular weight excluding hydrogens is 270 g/mol. The number of nitrogens with one attached hydrogen (secondary N) is 1. The number of nitro groups is 1. The molecule has 0 unspecified atom stereocenters. The van der Waals surface area contributed by atoms with Crippen molar-refractivity contribution in [2.45, 2.75) is 27.3 Å². The molecule has 6 heteroatoms. The molecule has 0 amide bonds. The van der Waals surface area contributed by atoms with Gasteiger partial charge in [0, 0.05) is 29.3 Å². The van der Waals surface area contributed by atoms with Crippen LogP contribution in [0.15, 0.2) is 28.9 Å². The van der Waals surface area contributed by atoms with Crippen molar-refractivity contribution < 1.29 is 9.45 Å². The Morgan fingerprint density at radius 2 is 2.19 bits per heavy atom. The summed E-state index contributed by atoms with van der Waals surface area (Å²) in [6.45, 7) is 7.49. The van der Waals surface area contributed by atoms with Crippen LogP contribution in [0, 0.1) is 23.0 Å². The zero-order valence-electron chi connectivity index (χ0n) is 12.4. The predicted octanol–water partition coefficient (Wildman–Crippen LogP) is 3.30. The number of rotatable bonds is 6. The van der Waals surface area contributed by atoms with E-state index in [4.69, 9.17) is 4.52 Å². The van der Waals surface area contributed by atoms with Crippen LogP contribution in [0.1, 0.15) is 25.0 Å². The largest absolute Gasteiger partial charge is 0.356 e. The van der Waals surface area contributed by atoms with E-state index in [1.54, 1.807) is 19.2 Å². The first-order valence-electron chi connectivity index (χ1n) is 6.88. The Bertz CT molecular complexity index is 635. The Labute approximate surface area is 123 Å². The van der Waals surface area contributed by atoms with E-state index in [9.17, 15) is 10.1 Å². The third-order valence-corrected chi connectivity index (χ3v) is 3.18. The summed E-state index contributed by atoms with van der Waals surface area (Å²) in [4.78, 5) is 10.6. The molecule has 0 radical (unpaired) electrons. The van der Waals surface area contributed by atoms with Gasteiger partial charge in [0.25, 0.3) is 5.69 Å². The van der Waals surface area contributed by atoms with Crippen LogP contribution in [-0.2, 0) is 6.54 Å². The first-order valence-corrected chi connectivity index (χ1v) is 6.88. The molecule has 0 aliphatic rings. The standard InChI is InChI=1S/C15H19N3O3/c1-10(2)7-16-8-13-9-17-21-15(13)12-5-4-11(3)14(6-12)18(19)20/h4-6,9-10,16H,7-8H2,1-3H3. The number of aryl methyl sites for hydroxylation is 1. The van der Waals surface area contributed by atoms with E-state index in [0.29, 0.717) is 29.3 Å². The lowest BCUT2D eigenvalue weighted by Crippen LogP contribution is -2.18. The topological polar surface area (TPSA) is 81.2 Å². The van der Waals surface area contributed by atoms with Crippen molar-refractivity contribution in [3.8, 4) is 11.3 Å². The van der Waals surface area contributed by atoms with Crippen LogP contribution < -0.4 is 5.32 Å². The molecule has 1 N–H and O–H groups in total. The van der Waals surface area contributed by atoms with Gasteiger partial charge >= 0.3 is 0 Å². The van der Waals surface area contributed by atoms with Crippen molar-refractivity contribution >= 4 is 5.69 Å². The zero-order chi connectivity index (χ0) is 15.4. The minimum absolute atomic E-state index is 0.0880. The van der Waals surface area contributed by atoms with E-state index < -0.39 is 0 Å². The molecule has 1 heterocycles. The highest BCUT2D eigenvalue weighted by Gasteiger charge is 2.16. The number of aromatic nitrogens is 1. The van der Waals surface area contributed by atoms with E-state index in [-0.39, 0.29) is 10.6 Å². The van der Waals surface area contributed by atoms with Crippen LogP contribution in [0.3, 0.4) is 0 Å². The normalized spacial score (nSPS) is 11.0. The molecule has 0 spiro atoms. The maximum Gasteiger partial charge on any atom is 0.273 e. The molecule has 21 heavy (non-hydrogen) atoms. The maximum absolute atomic E-state index is 11.0. The molecule has 0 fully saturated rings. The van der Waals surface area contributed by atoms with E-state index in [0.717, 1.165) is 12.1 Å². The van der Waals surface area contributed by atoms with Gasteiger partial charge < -0.3 is 9.84 Å². The molecule has 2 aromatic rings. The molecule has 0 aliphatic heterocycles. The fourth-order valence-electron chi connectivity index (χ4n) is 2.07. The quantitative estimate of drug-likeness (QED) is 0.651. The molecule has 1 aromatic carbocycles.